The number of para-hydroxylation sites is 1. The van der Waals surface area contributed by atoms with Crippen molar-refractivity contribution in [3.63, 3.8) is 0 Å². The molecule has 2 aliphatic carbocycles. The van der Waals surface area contributed by atoms with E-state index < -0.39 is 34.9 Å². The average molecular weight is 554 g/mol. The van der Waals surface area contributed by atoms with Gasteiger partial charge in [-0.1, -0.05) is 37.1 Å². The molecule has 1 fully saturated rings. The maximum atomic E-state index is 13.5. The van der Waals surface area contributed by atoms with Gasteiger partial charge in [-0.2, -0.15) is 0 Å². The Morgan fingerprint density at radius 2 is 1.26 bits per heavy atom. The van der Waals surface area contributed by atoms with Gasteiger partial charge >= 0.3 is 0 Å². The summed E-state index contributed by atoms with van der Waals surface area (Å²) in [6.07, 6.45) is 4.76. The third kappa shape index (κ3) is 3.48. The number of aromatic nitrogens is 2. The third-order valence-electron chi connectivity index (χ3n) is 8.92. The lowest BCUT2D eigenvalue weighted by molar-refractivity contribution is 0.0880. The van der Waals surface area contributed by atoms with Gasteiger partial charge in [-0.25, -0.2) is 9.88 Å². The monoisotopic (exact) mass is 553 g/mol. The van der Waals surface area contributed by atoms with E-state index >= 15 is 0 Å². The Morgan fingerprint density at radius 3 is 1.88 bits per heavy atom. The minimum absolute atomic E-state index is 0.00334. The summed E-state index contributed by atoms with van der Waals surface area (Å²) in [7, 11) is 0. The second-order valence-corrected chi connectivity index (χ2v) is 11.3. The van der Waals surface area contributed by atoms with Gasteiger partial charge in [-0.05, 0) is 83.6 Å². The fourth-order valence-corrected chi connectivity index (χ4v) is 6.75. The molecule has 5 aromatic rings. The Hall–Kier alpha value is -5.24. The Kier molecular flexibility index (Phi) is 5.19. The van der Waals surface area contributed by atoms with Crippen LogP contribution in [0.5, 0.6) is 0 Å². The van der Waals surface area contributed by atoms with E-state index in [4.69, 9.17) is 0 Å². The van der Waals surface area contributed by atoms with E-state index in [9.17, 15) is 24.0 Å². The summed E-state index contributed by atoms with van der Waals surface area (Å²) >= 11 is 0. The largest absolute Gasteiger partial charge is 0.309 e. The SMILES string of the molecule is O=C1c2cc3cc4c(cc3cc2C(=O)C1c1nc2ccccc2c(=O)[nH]1)C(=O)N(c1ccc(C2CCCC2)cc1)C4=O. The number of hydrogen-bond acceptors (Lipinski definition) is 6. The molecule has 8 heteroatoms. The summed E-state index contributed by atoms with van der Waals surface area (Å²) in [6.45, 7) is 0. The molecule has 1 N–H and O–H groups in total. The standard InChI is InChI=1S/C34H23N3O5/c38-29-23-13-19-15-25-26(34(42)37(33(25)41)21-11-9-18(10-12-21)17-5-1-2-6-17)16-20(19)14-24(23)30(39)28(29)31-35-27-8-4-3-7-22(27)32(40)36-31/h3-4,7-17,28H,1-2,5-6H2,(H,35,36,40). The van der Waals surface area contributed by atoms with Crippen molar-refractivity contribution in [1.29, 1.82) is 0 Å². The molecule has 2 amide bonds. The van der Waals surface area contributed by atoms with Gasteiger partial charge in [0, 0.05) is 11.1 Å². The van der Waals surface area contributed by atoms with Crippen LogP contribution < -0.4 is 10.5 Å². The average Bonchev–Trinajstić information content (AvgIpc) is 3.68. The van der Waals surface area contributed by atoms with Crippen molar-refractivity contribution in [3.05, 3.63) is 117 Å². The maximum absolute atomic E-state index is 13.5. The molecule has 1 saturated carbocycles. The molecule has 2 heterocycles. The van der Waals surface area contributed by atoms with Crippen LogP contribution in [0, 0.1) is 0 Å². The number of benzene rings is 4. The number of nitrogens with zero attached hydrogens (tertiary/aromatic N) is 2. The van der Waals surface area contributed by atoms with Gasteiger partial charge in [0.25, 0.3) is 17.4 Å². The first kappa shape index (κ1) is 24.5. The van der Waals surface area contributed by atoms with Gasteiger partial charge in [0.15, 0.2) is 11.6 Å². The first-order chi connectivity index (χ1) is 20.4. The number of ketones is 2. The van der Waals surface area contributed by atoms with Crippen molar-refractivity contribution in [3.8, 4) is 0 Å². The van der Waals surface area contributed by atoms with Crippen LogP contribution in [0.4, 0.5) is 5.69 Å². The van der Waals surface area contributed by atoms with Crippen LogP contribution in [0.15, 0.2) is 77.6 Å². The Labute approximate surface area is 239 Å². The molecule has 0 atom stereocenters. The molecule has 4 aromatic carbocycles. The number of hydrogen-bond donors (Lipinski definition) is 1. The number of amides is 2. The molecule has 0 unspecified atom stereocenters. The Balaban J connectivity index is 1.16. The van der Waals surface area contributed by atoms with E-state index in [-0.39, 0.29) is 28.1 Å². The van der Waals surface area contributed by atoms with Crippen LogP contribution in [-0.4, -0.2) is 33.3 Å². The van der Waals surface area contributed by atoms with Crippen LogP contribution in [0.1, 0.15) is 90.3 Å². The first-order valence-corrected chi connectivity index (χ1v) is 14.1. The Morgan fingerprint density at radius 1 is 0.690 bits per heavy atom. The number of Topliss-reactive ketones (excluding diaryl/α,β-unsaturated/α-hetero) is 2. The molecule has 8 rings (SSSR count). The van der Waals surface area contributed by atoms with Crippen molar-refractivity contribution in [2.75, 3.05) is 4.90 Å². The molecule has 0 spiro atoms. The van der Waals surface area contributed by atoms with Crippen LogP contribution in [0.3, 0.4) is 0 Å². The second kappa shape index (κ2) is 8.88. The van der Waals surface area contributed by atoms with E-state index in [2.05, 4.69) is 9.97 Å². The highest BCUT2D eigenvalue weighted by Crippen LogP contribution is 2.39. The van der Waals surface area contributed by atoms with E-state index in [1.165, 1.54) is 23.3 Å². The molecule has 1 aromatic heterocycles. The van der Waals surface area contributed by atoms with Gasteiger partial charge in [-0.3, -0.25) is 24.0 Å². The minimum Gasteiger partial charge on any atom is -0.309 e. The predicted octanol–water partition coefficient (Wildman–Crippen LogP) is 5.70. The van der Waals surface area contributed by atoms with E-state index in [1.807, 2.05) is 24.3 Å². The summed E-state index contributed by atoms with van der Waals surface area (Å²) < 4.78 is 0. The first-order valence-electron chi connectivity index (χ1n) is 14.1. The van der Waals surface area contributed by atoms with Crippen LogP contribution in [-0.2, 0) is 0 Å². The zero-order valence-corrected chi connectivity index (χ0v) is 22.3. The van der Waals surface area contributed by atoms with Gasteiger partial charge in [0.05, 0.1) is 27.7 Å². The van der Waals surface area contributed by atoms with Crippen LogP contribution in [0.2, 0.25) is 0 Å². The van der Waals surface area contributed by atoms with Gasteiger partial charge in [0.2, 0.25) is 0 Å². The van der Waals surface area contributed by atoms with Crippen molar-refractivity contribution >= 4 is 50.7 Å². The second-order valence-electron chi connectivity index (χ2n) is 11.3. The van der Waals surface area contributed by atoms with Gasteiger partial charge in [0.1, 0.15) is 11.7 Å². The topological polar surface area (TPSA) is 117 Å². The highest BCUT2D eigenvalue weighted by Gasteiger charge is 2.43. The lowest BCUT2D eigenvalue weighted by Crippen LogP contribution is -2.29. The zero-order chi connectivity index (χ0) is 28.7. The lowest BCUT2D eigenvalue weighted by Gasteiger charge is -2.16. The zero-order valence-electron chi connectivity index (χ0n) is 22.3. The summed E-state index contributed by atoms with van der Waals surface area (Å²) in [6, 6.07) is 20.8. The predicted molar refractivity (Wildman–Crippen MR) is 157 cm³/mol. The number of imide groups is 1. The summed E-state index contributed by atoms with van der Waals surface area (Å²) in [5.74, 6) is -2.54. The fourth-order valence-electron chi connectivity index (χ4n) is 6.75. The number of rotatable bonds is 3. The molecule has 204 valence electrons. The number of anilines is 1. The van der Waals surface area contributed by atoms with Crippen molar-refractivity contribution in [2.24, 2.45) is 0 Å². The Bertz CT molecular complexity index is 2030. The van der Waals surface area contributed by atoms with E-state index in [1.54, 1.807) is 48.5 Å². The van der Waals surface area contributed by atoms with Crippen molar-refractivity contribution in [1.82, 2.24) is 9.97 Å². The third-order valence-corrected chi connectivity index (χ3v) is 8.92. The van der Waals surface area contributed by atoms with Crippen molar-refractivity contribution in [2.45, 2.75) is 37.5 Å². The fraction of sp³-hybridized carbons (Fsp3) is 0.176. The van der Waals surface area contributed by atoms with Gasteiger partial charge < -0.3 is 4.98 Å². The summed E-state index contributed by atoms with van der Waals surface area (Å²) in [4.78, 5) is 74.8. The molecular formula is C34H23N3O5. The van der Waals surface area contributed by atoms with E-state index in [0.29, 0.717) is 33.3 Å². The number of carbonyl (C=O) groups is 4. The van der Waals surface area contributed by atoms with Gasteiger partial charge in [-0.15, -0.1) is 0 Å². The number of fused-ring (bicyclic) bond motifs is 4. The van der Waals surface area contributed by atoms with Crippen LogP contribution in [0.25, 0.3) is 21.7 Å². The van der Waals surface area contributed by atoms with E-state index in [0.717, 1.165) is 12.8 Å². The van der Waals surface area contributed by atoms with Crippen LogP contribution >= 0.6 is 0 Å². The quantitative estimate of drug-likeness (QED) is 0.226. The summed E-state index contributed by atoms with van der Waals surface area (Å²) in [5, 5.41) is 1.49. The number of H-pyrrole nitrogens is 1. The highest BCUT2D eigenvalue weighted by molar-refractivity contribution is 6.36. The highest BCUT2D eigenvalue weighted by atomic mass is 16.2. The number of carbonyl (C=O) groups excluding carboxylic acids is 4. The maximum Gasteiger partial charge on any atom is 0.266 e. The normalized spacial score (nSPS) is 17.2. The number of aromatic amines is 1. The van der Waals surface area contributed by atoms with Crippen molar-refractivity contribution < 1.29 is 19.2 Å². The molecular weight excluding hydrogens is 530 g/mol. The molecule has 8 nitrogen and oxygen atoms in total. The molecule has 0 saturated heterocycles. The molecule has 1 aliphatic heterocycles. The molecule has 0 bridgehead atoms. The molecule has 0 radical (unpaired) electrons. The lowest BCUT2D eigenvalue weighted by atomic mass is 9.97. The summed E-state index contributed by atoms with van der Waals surface area (Å²) in [5.41, 5.74) is 2.60. The smallest absolute Gasteiger partial charge is 0.266 e. The number of nitrogens with one attached hydrogen (secondary N) is 1. The molecule has 42 heavy (non-hydrogen) atoms. The molecule has 3 aliphatic rings. The minimum atomic E-state index is -1.27.